The van der Waals surface area contributed by atoms with Gasteiger partial charge in [0.1, 0.15) is 0 Å². The molecule has 1 heterocycles. The Morgan fingerprint density at radius 2 is 1.85 bits per heavy atom. The molecule has 0 saturated carbocycles. The third-order valence-electron chi connectivity index (χ3n) is 2.63. The van der Waals surface area contributed by atoms with Gasteiger partial charge in [0.05, 0.1) is 4.91 Å². The molecular formula is C7H10AlNO3S. The lowest BCUT2D eigenvalue weighted by atomic mass is 9.99. The van der Waals surface area contributed by atoms with Crippen LogP contribution in [0, 0.1) is 0 Å². The zero-order chi connectivity index (χ0) is 9.64. The van der Waals surface area contributed by atoms with Crippen LogP contribution in [0.5, 0.6) is 0 Å². The number of rotatable bonds is 0. The van der Waals surface area contributed by atoms with E-state index < -0.39 is 10.0 Å². The van der Waals surface area contributed by atoms with E-state index in [1.165, 1.54) is 0 Å². The second-order valence-electron chi connectivity index (χ2n) is 3.39. The van der Waals surface area contributed by atoms with E-state index in [1.807, 2.05) is 0 Å². The molecule has 2 aliphatic rings. The number of carbonyl (C=O) groups excluding carboxylic acids is 1. The number of allylic oxidation sites excluding steroid dienone is 1. The van der Waals surface area contributed by atoms with Crippen molar-refractivity contribution in [1.29, 1.82) is 0 Å². The summed E-state index contributed by atoms with van der Waals surface area (Å²) in [5.41, 5.74) is 0.557. The number of amides is 1. The van der Waals surface area contributed by atoms with E-state index in [2.05, 4.69) is 0 Å². The highest BCUT2D eigenvalue weighted by molar-refractivity contribution is 7.94. The molecule has 0 atom stereocenters. The smallest absolute Gasteiger partial charge is 0.337 e. The van der Waals surface area contributed by atoms with Gasteiger partial charge in [-0.25, -0.2) is 8.42 Å². The normalized spacial score (nSPS) is 26.5. The first-order valence-corrected chi connectivity index (χ1v) is 6.64. The number of nitrogens with zero attached hydrogens (tertiary/aromatic N) is 1. The van der Waals surface area contributed by atoms with Crippen LogP contribution in [0.2, 0.25) is 0 Å². The second kappa shape index (κ2) is 2.84. The molecule has 13 heavy (non-hydrogen) atoms. The lowest BCUT2D eigenvalue weighted by molar-refractivity contribution is -0.119. The highest BCUT2D eigenvalue weighted by atomic mass is 32.2. The highest BCUT2D eigenvalue weighted by Crippen LogP contribution is 2.36. The molecule has 0 spiro atoms. The first-order chi connectivity index (χ1) is 6.05. The number of carbonyl (C=O) groups is 1. The molecule has 70 valence electrons. The highest BCUT2D eigenvalue weighted by Gasteiger charge is 2.40. The Hall–Kier alpha value is -0.308. The molecule has 0 aromatic carbocycles. The molecule has 2 rings (SSSR count). The summed E-state index contributed by atoms with van der Waals surface area (Å²) in [4.78, 5) is 11.9. The fourth-order valence-corrected chi connectivity index (χ4v) is 4.35. The first-order valence-electron chi connectivity index (χ1n) is 4.30. The molecule has 0 aromatic heterocycles. The minimum atomic E-state index is -3.35. The quantitative estimate of drug-likeness (QED) is 0.513. The Bertz CT molecular complexity index is 398. The van der Waals surface area contributed by atoms with Crippen molar-refractivity contribution >= 4 is 32.4 Å². The summed E-state index contributed by atoms with van der Waals surface area (Å²) in [5.74, 6) is -0.263. The molecule has 0 fully saturated rings. The summed E-state index contributed by atoms with van der Waals surface area (Å²) >= 11 is 0.263. The Labute approximate surface area is 85.3 Å². The van der Waals surface area contributed by atoms with Gasteiger partial charge in [-0.2, -0.15) is 0 Å². The second-order valence-corrected chi connectivity index (χ2v) is 6.92. The summed E-state index contributed by atoms with van der Waals surface area (Å²) in [6.45, 7) is 0. The largest absolute Gasteiger partial charge is 0.392 e. The van der Waals surface area contributed by atoms with Crippen molar-refractivity contribution in [3.05, 3.63) is 10.5 Å². The van der Waals surface area contributed by atoms with Crippen LogP contribution in [-0.2, 0) is 14.8 Å². The number of sulfonamides is 1. The molecule has 0 bridgehead atoms. The fraction of sp³-hybridized carbons (Fsp3) is 0.571. The maximum absolute atomic E-state index is 11.6. The van der Waals surface area contributed by atoms with Crippen LogP contribution in [0.25, 0.3) is 0 Å². The molecule has 4 nitrogen and oxygen atoms in total. The van der Waals surface area contributed by atoms with Gasteiger partial charge in [-0.15, -0.1) is 0 Å². The van der Waals surface area contributed by atoms with E-state index in [-0.39, 0.29) is 22.4 Å². The van der Waals surface area contributed by atoms with Crippen molar-refractivity contribution < 1.29 is 13.2 Å². The molecule has 1 aliphatic carbocycles. The van der Waals surface area contributed by atoms with Gasteiger partial charge >= 0.3 is 16.5 Å². The predicted molar refractivity (Wildman–Crippen MR) is 49.8 cm³/mol. The van der Waals surface area contributed by atoms with Crippen molar-refractivity contribution in [3.63, 3.8) is 0 Å². The van der Waals surface area contributed by atoms with Crippen LogP contribution >= 0.6 is 0 Å². The average molecular weight is 215 g/mol. The minimum absolute atomic E-state index is 0.263. The van der Waals surface area contributed by atoms with Gasteiger partial charge in [-0.05, 0) is 25.7 Å². The standard InChI is InChI=1S/C7H9NO3S.Al.2H/c9-7-5-3-1-2-4-6(5)12(10,11)8-7;;;/h1-4H2,(H,8,9);;;/q;+1;;/p-1. The number of hydrogen-bond acceptors (Lipinski definition) is 3. The van der Waals surface area contributed by atoms with Gasteiger partial charge < -0.3 is 3.29 Å². The SMILES string of the molecule is O=C1C2=C(CCCC2)S(=O)(=O)[N]1[AlH2]. The molecule has 6 heteroatoms. The van der Waals surface area contributed by atoms with Crippen LogP contribution in [0.15, 0.2) is 10.5 Å². The van der Waals surface area contributed by atoms with E-state index in [9.17, 15) is 13.2 Å². The van der Waals surface area contributed by atoms with E-state index >= 15 is 0 Å². The van der Waals surface area contributed by atoms with E-state index in [0.717, 1.165) is 16.1 Å². The lowest BCUT2D eigenvalue weighted by Gasteiger charge is -2.11. The lowest BCUT2D eigenvalue weighted by Crippen LogP contribution is -2.28. The van der Waals surface area contributed by atoms with E-state index in [0.29, 0.717) is 23.3 Å². The summed E-state index contributed by atoms with van der Waals surface area (Å²) in [7, 11) is -3.35. The van der Waals surface area contributed by atoms with Crippen LogP contribution < -0.4 is 0 Å². The van der Waals surface area contributed by atoms with Crippen molar-refractivity contribution in [2.75, 3.05) is 0 Å². The fourth-order valence-electron chi connectivity index (χ4n) is 1.85. The third kappa shape index (κ3) is 1.17. The maximum Gasteiger partial charge on any atom is 0.392 e. The molecule has 0 N–H and O–H groups in total. The Balaban J connectivity index is 2.58. The third-order valence-corrected chi connectivity index (χ3v) is 6.44. The van der Waals surface area contributed by atoms with Crippen molar-refractivity contribution in [2.24, 2.45) is 0 Å². The monoisotopic (exact) mass is 215 g/mol. The summed E-state index contributed by atoms with van der Waals surface area (Å²) in [6, 6.07) is 0. The summed E-state index contributed by atoms with van der Waals surface area (Å²) < 4.78 is 24.2. The molecule has 0 unspecified atom stereocenters. The molecule has 0 aromatic rings. The molecule has 0 saturated heterocycles. The summed E-state index contributed by atoms with van der Waals surface area (Å²) in [5, 5.41) is 0. The van der Waals surface area contributed by atoms with Gasteiger partial charge in [0.15, 0.2) is 0 Å². The topological polar surface area (TPSA) is 54.5 Å². The van der Waals surface area contributed by atoms with Crippen LogP contribution in [-0.4, -0.2) is 34.1 Å². The zero-order valence-electron chi connectivity index (χ0n) is 7.41. The van der Waals surface area contributed by atoms with Crippen molar-refractivity contribution in [2.45, 2.75) is 25.7 Å². The van der Waals surface area contributed by atoms with Gasteiger partial charge in [0.2, 0.25) is 15.9 Å². The average Bonchev–Trinajstić information content (AvgIpc) is 2.30. The van der Waals surface area contributed by atoms with E-state index in [1.54, 1.807) is 0 Å². The first kappa shape index (κ1) is 9.26. The van der Waals surface area contributed by atoms with Gasteiger partial charge in [0.25, 0.3) is 0 Å². The van der Waals surface area contributed by atoms with E-state index in [4.69, 9.17) is 0 Å². The van der Waals surface area contributed by atoms with Gasteiger partial charge in [0, 0.05) is 5.57 Å². The zero-order valence-corrected chi connectivity index (χ0v) is 10.2. The van der Waals surface area contributed by atoms with Gasteiger partial charge in [-0.1, -0.05) is 0 Å². The van der Waals surface area contributed by atoms with Crippen molar-refractivity contribution in [3.8, 4) is 0 Å². The Morgan fingerprint density at radius 1 is 1.23 bits per heavy atom. The van der Waals surface area contributed by atoms with Gasteiger partial charge in [-0.3, -0.25) is 4.79 Å². The molecule has 0 radical (unpaired) electrons. The Morgan fingerprint density at radius 3 is 2.46 bits per heavy atom. The van der Waals surface area contributed by atoms with Crippen molar-refractivity contribution in [1.82, 2.24) is 3.29 Å². The maximum atomic E-state index is 11.6. The van der Waals surface area contributed by atoms with Crippen LogP contribution in [0.3, 0.4) is 0 Å². The minimum Gasteiger partial charge on any atom is -0.337 e. The predicted octanol–water partition coefficient (Wildman–Crippen LogP) is -0.465. The molecular weight excluding hydrogens is 205 g/mol. The van der Waals surface area contributed by atoms with Crippen LogP contribution in [0.1, 0.15) is 25.7 Å². The summed E-state index contributed by atoms with van der Waals surface area (Å²) in [6.07, 6.45) is 3.03. The Kier molecular flexibility index (Phi) is 2.02. The van der Waals surface area contributed by atoms with Crippen LogP contribution in [0.4, 0.5) is 0 Å². The molecule has 1 aliphatic heterocycles. The number of hydrogen-bond donors (Lipinski definition) is 0. The molecule has 1 amide bonds.